The second-order valence-electron chi connectivity index (χ2n) is 4.90. The number of hydrogen-bond acceptors (Lipinski definition) is 5. The minimum Gasteiger partial charge on any atom is -0.388 e. The van der Waals surface area contributed by atoms with Gasteiger partial charge in [-0.1, -0.05) is 13.8 Å². The molecule has 0 spiro atoms. The molecule has 1 aromatic heterocycles. The van der Waals surface area contributed by atoms with Gasteiger partial charge in [0.25, 0.3) is 5.91 Å². The quantitative estimate of drug-likeness (QED) is 0.809. The molecular weight excluding hydrogens is 238 g/mol. The highest BCUT2D eigenvalue weighted by molar-refractivity contribution is 6.99. The lowest BCUT2D eigenvalue weighted by molar-refractivity contribution is 0.0428. The first-order chi connectivity index (χ1) is 7.91. The minimum absolute atomic E-state index is 0.232. The standard InChI is InChI=1S/C11H19N3O2S/c1-8(2)4-5-11(3,16)7-12-10(15)9-6-13-17-14-9/h6,8,16H,4-5,7H2,1-3H3,(H,12,15). The Kier molecular flexibility index (Phi) is 5.02. The van der Waals surface area contributed by atoms with Crippen molar-refractivity contribution in [3.8, 4) is 0 Å². The molecule has 17 heavy (non-hydrogen) atoms. The summed E-state index contributed by atoms with van der Waals surface area (Å²) in [4.78, 5) is 11.6. The van der Waals surface area contributed by atoms with E-state index in [4.69, 9.17) is 0 Å². The van der Waals surface area contributed by atoms with Gasteiger partial charge in [0.2, 0.25) is 0 Å². The van der Waals surface area contributed by atoms with Crippen molar-refractivity contribution >= 4 is 17.6 Å². The van der Waals surface area contributed by atoms with Crippen LogP contribution in [0.25, 0.3) is 0 Å². The maximum Gasteiger partial charge on any atom is 0.272 e. The van der Waals surface area contributed by atoms with E-state index in [1.54, 1.807) is 6.92 Å². The first-order valence-electron chi connectivity index (χ1n) is 5.69. The molecular formula is C11H19N3O2S. The van der Waals surface area contributed by atoms with Crippen LogP contribution in [-0.4, -0.2) is 31.9 Å². The molecule has 2 N–H and O–H groups in total. The fourth-order valence-corrected chi connectivity index (χ4v) is 1.73. The molecule has 1 unspecified atom stereocenters. The second-order valence-corrected chi connectivity index (χ2v) is 5.46. The van der Waals surface area contributed by atoms with Crippen molar-refractivity contribution in [2.75, 3.05) is 6.54 Å². The lowest BCUT2D eigenvalue weighted by atomic mass is 9.95. The molecule has 0 radical (unpaired) electrons. The van der Waals surface area contributed by atoms with E-state index in [-0.39, 0.29) is 12.5 Å². The number of carbonyl (C=O) groups is 1. The number of aromatic nitrogens is 2. The van der Waals surface area contributed by atoms with Crippen molar-refractivity contribution in [3.05, 3.63) is 11.9 Å². The number of rotatable bonds is 6. The SMILES string of the molecule is CC(C)CCC(C)(O)CNC(=O)c1cnsn1. The molecule has 1 atom stereocenters. The third kappa shape index (κ3) is 5.23. The minimum atomic E-state index is -0.872. The van der Waals surface area contributed by atoms with Crippen molar-refractivity contribution in [1.29, 1.82) is 0 Å². The highest BCUT2D eigenvalue weighted by Gasteiger charge is 2.22. The number of nitrogens with one attached hydrogen (secondary N) is 1. The van der Waals surface area contributed by atoms with E-state index in [9.17, 15) is 9.90 Å². The van der Waals surface area contributed by atoms with E-state index in [0.29, 0.717) is 18.0 Å². The van der Waals surface area contributed by atoms with E-state index in [2.05, 4.69) is 27.9 Å². The van der Waals surface area contributed by atoms with Crippen molar-refractivity contribution in [2.45, 2.75) is 39.2 Å². The van der Waals surface area contributed by atoms with Gasteiger partial charge in [-0.25, -0.2) is 0 Å². The van der Waals surface area contributed by atoms with Crippen LogP contribution in [0.3, 0.4) is 0 Å². The number of carbonyl (C=O) groups excluding carboxylic acids is 1. The number of aliphatic hydroxyl groups is 1. The Morgan fingerprint density at radius 2 is 2.35 bits per heavy atom. The summed E-state index contributed by atoms with van der Waals surface area (Å²) in [6, 6.07) is 0. The molecule has 0 saturated heterocycles. The van der Waals surface area contributed by atoms with E-state index in [1.807, 2.05) is 0 Å². The third-order valence-corrected chi connectivity index (χ3v) is 2.96. The summed E-state index contributed by atoms with van der Waals surface area (Å²) in [6.07, 6.45) is 3.02. The first-order valence-corrected chi connectivity index (χ1v) is 6.42. The summed E-state index contributed by atoms with van der Waals surface area (Å²) in [5, 5.41) is 12.7. The van der Waals surface area contributed by atoms with Crippen molar-refractivity contribution in [3.63, 3.8) is 0 Å². The highest BCUT2D eigenvalue weighted by atomic mass is 32.1. The van der Waals surface area contributed by atoms with Crippen molar-refractivity contribution < 1.29 is 9.90 Å². The summed E-state index contributed by atoms with van der Waals surface area (Å²) >= 11 is 0.992. The molecule has 96 valence electrons. The highest BCUT2D eigenvalue weighted by Crippen LogP contribution is 2.15. The Balaban J connectivity index is 2.36. The maximum absolute atomic E-state index is 11.6. The molecule has 0 saturated carbocycles. The Bertz CT molecular complexity index is 350. The zero-order chi connectivity index (χ0) is 12.9. The molecule has 0 aliphatic heterocycles. The first kappa shape index (κ1) is 14.1. The molecule has 0 bridgehead atoms. The lowest BCUT2D eigenvalue weighted by Crippen LogP contribution is -2.40. The van der Waals surface area contributed by atoms with Gasteiger partial charge < -0.3 is 10.4 Å². The van der Waals surface area contributed by atoms with Gasteiger partial charge in [0.15, 0.2) is 5.69 Å². The van der Waals surface area contributed by atoms with Crippen LogP contribution in [0.4, 0.5) is 0 Å². The van der Waals surface area contributed by atoms with Crippen molar-refractivity contribution in [1.82, 2.24) is 14.1 Å². The molecule has 0 aromatic carbocycles. The predicted molar refractivity (Wildman–Crippen MR) is 66.9 cm³/mol. The van der Waals surface area contributed by atoms with Gasteiger partial charge >= 0.3 is 0 Å². The fraction of sp³-hybridized carbons (Fsp3) is 0.727. The van der Waals surface area contributed by atoms with Gasteiger partial charge in [-0.05, 0) is 25.7 Å². The molecule has 1 heterocycles. The smallest absolute Gasteiger partial charge is 0.272 e. The number of nitrogens with zero attached hydrogens (tertiary/aromatic N) is 2. The summed E-state index contributed by atoms with van der Waals surface area (Å²) in [6.45, 7) is 6.18. The summed E-state index contributed by atoms with van der Waals surface area (Å²) < 4.78 is 7.58. The van der Waals surface area contributed by atoms with Gasteiger partial charge in [-0.3, -0.25) is 4.79 Å². The number of hydrogen-bond donors (Lipinski definition) is 2. The average Bonchev–Trinajstić information content (AvgIpc) is 2.77. The molecule has 0 fully saturated rings. The summed E-state index contributed by atoms with van der Waals surface area (Å²) in [7, 11) is 0. The van der Waals surface area contributed by atoms with E-state index in [1.165, 1.54) is 6.20 Å². The second kappa shape index (κ2) is 6.07. The van der Waals surface area contributed by atoms with Crippen LogP contribution in [-0.2, 0) is 0 Å². The Morgan fingerprint density at radius 1 is 1.65 bits per heavy atom. The van der Waals surface area contributed by atoms with Gasteiger partial charge in [-0.2, -0.15) is 8.75 Å². The van der Waals surface area contributed by atoms with Crippen molar-refractivity contribution in [2.24, 2.45) is 5.92 Å². The van der Waals surface area contributed by atoms with Crippen LogP contribution >= 0.6 is 11.7 Å². The van der Waals surface area contributed by atoms with Gasteiger partial charge in [-0.15, -0.1) is 0 Å². The van der Waals surface area contributed by atoms with Gasteiger partial charge in [0, 0.05) is 6.54 Å². The predicted octanol–water partition coefficient (Wildman–Crippen LogP) is 1.46. The van der Waals surface area contributed by atoms with Crippen LogP contribution in [0.15, 0.2) is 6.20 Å². The Labute approximate surface area is 106 Å². The van der Waals surface area contributed by atoms with E-state index >= 15 is 0 Å². The molecule has 1 aromatic rings. The molecule has 0 aliphatic carbocycles. The molecule has 5 nitrogen and oxygen atoms in total. The van der Waals surface area contributed by atoms with Crippen LogP contribution in [0, 0.1) is 5.92 Å². The number of amides is 1. The topological polar surface area (TPSA) is 75.1 Å². The summed E-state index contributed by atoms with van der Waals surface area (Å²) in [5.41, 5.74) is -0.571. The fourth-order valence-electron chi connectivity index (χ4n) is 1.31. The van der Waals surface area contributed by atoms with E-state index in [0.717, 1.165) is 18.1 Å². The average molecular weight is 257 g/mol. The van der Waals surface area contributed by atoms with Crippen LogP contribution < -0.4 is 5.32 Å². The van der Waals surface area contributed by atoms with Crippen LogP contribution in [0.5, 0.6) is 0 Å². The third-order valence-electron chi connectivity index (χ3n) is 2.48. The lowest BCUT2D eigenvalue weighted by Gasteiger charge is -2.24. The maximum atomic E-state index is 11.6. The van der Waals surface area contributed by atoms with Gasteiger partial charge in [0.05, 0.1) is 23.5 Å². The summed E-state index contributed by atoms with van der Waals surface area (Å²) in [5.74, 6) is 0.253. The van der Waals surface area contributed by atoms with Crippen LogP contribution in [0.1, 0.15) is 44.1 Å². The Morgan fingerprint density at radius 3 is 2.88 bits per heavy atom. The monoisotopic (exact) mass is 257 g/mol. The Hall–Kier alpha value is -1.01. The van der Waals surface area contributed by atoms with E-state index < -0.39 is 5.60 Å². The zero-order valence-electron chi connectivity index (χ0n) is 10.4. The van der Waals surface area contributed by atoms with Crippen LogP contribution in [0.2, 0.25) is 0 Å². The largest absolute Gasteiger partial charge is 0.388 e. The molecule has 1 rings (SSSR count). The normalized spacial score (nSPS) is 14.6. The van der Waals surface area contributed by atoms with Gasteiger partial charge in [0.1, 0.15) is 0 Å². The molecule has 6 heteroatoms. The molecule has 0 aliphatic rings. The zero-order valence-corrected chi connectivity index (χ0v) is 11.3. The molecule has 1 amide bonds.